The smallest absolute Gasteiger partial charge is 0.313 e. The zero-order valence-corrected chi connectivity index (χ0v) is 28.1. The number of nitrogens with one attached hydrogen (secondary N) is 1. The standard InChI is InChI=1S/C37H42N6O7/c1-3-23(2)27(21-44)43-33-35(47)41(22-42-26-15-8-7-14-25(26)39-40-42)19-11-18-37(33)32(34(43)46)31-28(50-37)16-9-10-17-30(45)38-20-29(49-36(31)48)24-12-5-4-6-13-24/h4-9,11-16,18,23,27-29,31-33,44H,3,10,17,19-22H2,1-2H3,(H,38,45)/b16-9-/t23-,27-,28+,29-,31-,32-,33+,37-/m0/s1. The SMILES string of the molecule is CC[C@H](C)[C@H](CO)N1C(=O)[C@@H]2[C@H]3C(=O)O[C@H](c4ccccc4)CNC(=O)CC/C=C\[C@H]3O[C@@]23C=CCN(Cn2nnc4ccccc42)C(=O)[C@@H]13. The lowest BCUT2D eigenvalue weighted by Gasteiger charge is -2.40. The van der Waals surface area contributed by atoms with Crippen molar-refractivity contribution in [2.45, 2.75) is 69.7 Å². The molecule has 0 unspecified atom stereocenters. The number of esters is 1. The Kier molecular flexibility index (Phi) is 9.27. The number of aliphatic hydroxyl groups is 1. The molecule has 0 radical (unpaired) electrons. The number of cyclic esters (lactones) is 1. The fraction of sp³-hybridized carbons (Fsp3) is 0.459. The topological polar surface area (TPSA) is 156 Å². The first-order chi connectivity index (χ1) is 24.3. The molecule has 3 aromatic rings. The van der Waals surface area contributed by atoms with E-state index in [1.165, 1.54) is 4.90 Å². The second-order valence-electron chi connectivity index (χ2n) is 13.5. The molecule has 5 heterocycles. The van der Waals surface area contributed by atoms with E-state index < -0.39 is 53.6 Å². The maximum atomic E-state index is 14.9. The molecule has 0 saturated carbocycles. The number of likely N-dealkylation sites (tertiary alicyclic amines) is 1. The number of benzene rings is 2. The Balaban J connectivity index is 1.31. The molecule has 1 aromatic heterocycles. The average Bonchev–Trinajstić information content (AvgIpc) is 3.72. The van der Waals surface area contributed by atoms with E-state index in [1.807, 2.05) is 68.4 Å². The van der Waals surface area contributed by atoms with E-state index >= 15 is 0 Å². The highest BCUT2D eigenvalue weighted by atomic mass is 16.6. The molecule has 3 amide bonds. The molecule has 262 valence electrons. The van der Waals surface area contributed by atoms with Crippen LogP contribution in [0, 0.1) is 17.8 Å². The molecule has 2 aromatic carbocycles. The van der Waals surface area contributed by atoms with Gasteiger partial charge >= 0.3 is 5.97 Å². The zero-order chi connectivity index (χ0) is 35.0. The Morgan fingerprint density at radius 1 is 1.04 bits per heavy atom. The summed E-state index contributed by atoms with van der Waals surface area (Å²) in [6.07, 6.45) is 6.55. The van der Waals surface area contributed by atoms with Crippen molar-refractivity contribution < 1.29 is 33.8 Å². The summed E-state index contributed by atoms with van der Waals surface area (Å²) in [7, 11) is 0. The summed E-state index contributed by atoms with van der Waals surface area (Å²) in [6, 6.07) is 14.7. The normalized spacial score (nSPS) is 30.3. The molecule has 8 atom stereocenters. The van der Waals surface area contributed by atoms with Gasteiger partial charge in [-0.05, 0) is 30.0 Å². The van der Waals surface area contributed by atoms with Crippen molar-refractivity contribution in [2.24, 2.45) is 17.8 Å². The van der Waals surface area contributed by atoms with Crippen LogP contribution in [0.15, 0.2) is 78.9 Å². The highest BCUT2D eigenvalue weighted by molar-refractivity contribution is 5.99. The van der Waals surface area contributed by atoms with Gasteiger partial charge in [0.05, 0.1) is 36.7 Å². The van der Waals surface area contributed by atoms with Crippen LogP contribution in [0.5, 0.6) is 0 Å². The number of ether oxygens (including phenoxy) is 2. The number of aliphatic hydroxyl groups excluding tert-OH is 1. The third kappa shape index (κ3) is 5.77. The fourth-order valence-corrected chi connectivity index (χ4v) is 7.87. The number of nitrogens with zero attached hydrogens (tertiary/aromatic N) is 5. The molecule has 0 bridgehead atoms. The lowest BCUT2D eigenvalue weighted by molar-refractivity contribution is -0.161. The zero-order valence-electron chi connectivity index (χ0n) is 28.1. The average molecular weight is 683 g/mol. The van der Waals surface area contributed by atoms with Crippen LogP contribution in [-0.2, 0) is 35.3 Å². The molecule has 50 heavy (non-hydrogen) atoms. The molecule has 2 fully saturated rings. The highest BCUT2D eigenvalue weighted by Gasteiger charge is 2.72. The number of hydrogen-bond donors (Lipinski definition) is 2. The molecule has 13 nitrogen and oxygen atoms in total. The summed E-state index contributed by atoms with van der Waals surface area (Å²) >= 11 is 0. The third-order valence-corrected chi connectivity index (χ3v) is 10.6. The third-order valence-electron chi connectivity index (χ3n) is 10.6. The highest BCUT2D eigenvalue weighted by Crippen LogP contribution is 2.54. The van der Waals surface area contributed by atoms with Crippen LogP contribution in [0.2, 0.25) is 0 Å². The predicted molar refractivity (Wildman–Crippen MR) is 181 cm³/mol. The van der Waals surface area contributed by atoms with Crippen LogP contribution < -0.4 is 5.32 Å². The minimum Gasteiger partial charge on any atom is -0.455 e. The summed E-state index contributed by atoms with van der Waals surface area (Å²) in [4.78, 5) is 59.9. The minimum atomic E-state index is -1.54. The first kappa shape index (κ1) is 33.6. The summed E-state index contributed by atoms with van der Waals surface area (Å²) in [5.74, 6) is -4.08. The summed E-state index contributed by atoms with van der Waals surface area (Å²) < 4.78 is 14.6. The number of hydrogen-bond acceptors (Lipinski definition) is 9. The Morgan fingerprint density at radius 2 is 1.82 bits per heavy atom. The van der Waals surface area contributed by atoms with E-state index in [0.29, 0.717) is 23.9 Å². The quantitative estimate of drug-likeness (QED) is 0.283. The molecule has 2 saturated heterocycles. The molecule has 1 spiro atoms. The predicted octanol–water partition coefficient (Wildman–Crippen LogP) is 2.53. The van der Waals surface area contributed by atoms with Gasteiger partial charge in [0.25, 0.3) is 5.91 Å². The minimum absolute atomic E-state index is 0.0555. The van der Waals surface area contributed by atoms with Gasteiger partial charge in [-0.2, -0.15) is 0 Å². The Hall–Kier alpha value is -4.88. The van der Waals surface area contributed by atoms with Gasteiger partial charge in [-0.25, -0.2) is 4.68 Å². The number of rotatable bonds is 7. The van der Waals surface area contributed by atoms with Crippen molar-refractivity contribution in [3.8, 4) is 0 Å². The van der Waals surface area contributed by atoms with Crippen molar-refractivity contribution in [2.75, 3.05) is 19.7 Å². The molecule has 13 heteroatoms. The van der Waals surface area contributed by atoms with Gasteiger partial charge in [0, 0.05) is 13.0 Å². The molecule has 7 rings (SSSR count). The first-order valence-corrected chi connectivity index (χ1v) is 17.3. The van der Waals surface area contributed by atoms with Crippen molar-refractivity contribution in [1.29, 1.82) is 0 Å². The van der Waals surface area contributed by atoms with E-state index in [-0.39, 0.29) is 50.5 Å². The molecule has 4 aliphatic heterocycles. The summed E-state index contributed by atoms with van der Waals surface area (Å²) in [5.41, 5.74) is 0.580. The molecule has 2 N–H and O–H groups in total. The lowest BCUT2D eigenvalue weighted by Crippen LogP contribution is -2.59. The fourth-order valence-electron chi connectivity index (χ4n) is 7.87. The maximum Gasteiger partial charge on any atom is 0.313 e. The monoisotopic (exact) mass is 682 g/mol. The van der Waals surface area contributed by atoms with E-state index in [2.05, 4.69) is 15.6 Å². The van der Waals surface area contributed by atoms with Crippen LogP contribution in [0.3, 0.4) is 0 Å². The maximum absolute atomic E-state index is 14.9. The van der Waals surface area contributed by atoms with E-state index in [1.54, 1.807) is 33.9 Å². The van der Waals surface area contributed by atoms with Gasteiger partial charge < -0.3 is 29.7 Å². The van der Waals surface area contributed by atoms with Crippen molar-refractivity contribution in [1.82, 2.24) is 30.1 Å². The number of aromatic nitrogens is 3. The van der Waals surface area contributed by atoms with Gasteiger partial charge in [0.2, 0.25) is 11.8 Å². The van der Waals surface area contributed by atoms with Crippen LogP contribution in [-0.4, -0.2) is 97.1 Å². The van der Waals surface area contributed by atoms with Crippen LogP contribution in [0.25, 0.3) is 11.0 Å². The van der Waals surface area contributed by atoms with Crippen molar-refractivity contribution >= 4 is 34.7 Å². The van der Waals surface area contributed by atoms with Crippen molar-refractivity contribution in [3.05, 3.63) is 84.5 Å². The first-order valence-electron chi connectivity index (χ1n) is 17.3. The Morgan fingerprint density at radius 3 is 2.60 bits per heavy atom. The summed E-state index contributed by atoms with van der Waals surface area (Å²) in [5, 5.41) is 22.1. The van der Waals surface area contributed by atoms with Gasteiger partial charge in [0.15, 0.2) is 0 Å². The second kappa shape index (κ2) is 13.8. The number of fused-ring (bicyclic) bond motifs is 3. The van der Waals surface area contributed by atoms with E-state index in [0.717, 1.165) is 5.52 Å². The number of para-hydroxylation sites is 1. The van der Waals surface area contributed by atoms with Gasteiger partial charge in [-0.15, -0.1) is 5.10 Å². The Labute approximate surface area is 289 Å². The van der Waals surface area contributed by atoms with Gasteiger partial charge in [-0.1, -0.05) is 92.3 Å². The van der Waals surface area contributed by atoms with Crippen LogP contribution in [0.4, 0.5) is 0 Å². The molecule has 0 aliphatic carbocycles. The Bertz CT molecular complexity index is 1830. The van der Waals surface area contributed by atoms with Crippen molar-refractivity contribution in [3.63, 3.8) is 0 Å². The number of allylic oxidation sites excluding steroid dienone is 1. The lowest BCUT2D eigenvalue weighted by atomic mass is 9.78. The second-order valence-corrected chi connectivity index (χ2v) is 13.5. The summed E-state index contributed by atoms with van der Waals surface area (Å²) in [6.45, 7) is 3.83. The number of carbonyl (C=O) groups excluding carboxylic acids is 4. The van der Waals surface area contributed by atoms with Gasteiger partial charge in [-0.3, -0.25) is 19.2 Å². The largest absolute Gasteiger partial charge is 0.455 e. The van der Waals surface area contributed by atoms with Crippen LogP contribution >= 0.6 is 0 Å². The van der Waals surface area contributed by atoms with E-state index in [4.69, 9.17) is 9.47 Å². The number of carbonyl (C=O) groups is 4. The van der Waals surface area contributed by atoms with Gasteiger partial charge in [0.1, 0.15) is 35.9 Å². The van der Waals surface area contributed by atoms with Crippen LogP contribution in [0.1, 0.15) is 44.8 Å². The molecular weight excluding hydrogens is 640 g/mol. The van der Waals surface area contributed by atoms with E-state index in [9.17, 15) is 24.3 Å². The molecular formula is C37H42N6O7. The number of amides is 3. The molecule has 4 aliphatic rings.